The molecule has 3 atom stereocenters. The molecule has 4 aromatic carbocycles. The van der Waals surface area contributed by atoms with E-state index in [0.717, 1.165) is 5.57 Å². The monoisotopic (exact) mass is 833 g/mol. The third-order valence-corrected chi connectivity index (χ3v) is 10.8. The lowest BCUT2D eigenvalue weighted by atomic mass is 9.98. The van der Waals surface area contributed by atoms with Crippen molar-refractivity contribution in [1.29, 1.82) is 0 Å². The fraction of sp³-hybridized carbons (Fsp3) is 0.222. The van der Waals surface area contributed by atoms with Crippen LogP contribution < -0.4 is 36.8 Å². The average Bonchev–Trinajstić information content (AvgIpc) is 4.05. The number of Topliss-reactive ketones (excluding diaryl/α,β-unsaturated/α-hetero) is 1. The van der Waals surface area contributed by atoms with Crippen molar-refractivity contribution in [3.8, 4) is 22.6 Å². The normalized spacial score (nSPS) is 18.3. The molecule has 1 saturated heterocycles. The number of carbonyl (C=O) groups excluding carboxylic acids is 2. The Kier molecular flexibility index (Phi) is 11.8. The minimum Gasteiger partial charge on any atom is -0.485 e. The van der Waals surface area contributed by atoms with Gasteiger partial charge in [0.2, 0.25) is 5.78 Å². The van der Waals surface area contributed by atoms with E-state index in [2.05, 4.69) is 45.0 Å². The number of benzene rings is 4. The van der Waals surface area contributed by atoms with Crippen LogP contribution in [0.25, 0.3) is 22.0 Å². The number of para-hydroxylation sites is 1. The van der Waals surface area contributed by atoms with Crippen LogP contribution in [0.3, 0.4) is 0 Å². The Balaban J connectivity index is 0.945. The summed E-state index contributed by atoms with van der Waals surface area (Å²) in [7, 11) is 0. The molecule has 3 aliphatic rings. The van der Waals surface area contributed by atoms with Crippen LogP contribution in [0.1, 0.15) is 40.9 Å². The quantitative estimate of drug-likeness (QED) is 0.0226. The molecule has 8 rings (SSSR count). The van der Waals surface area contributed by atoms with Crippen molar-refractivity contribution in [1.82, 2.24) is 15.8 Å². The molecular formula is C45H42F3N7O6. The second-order valence-corrected chi connectivity index (χ2v) is 14.9. The van der Waals surface area contributed by atoms with Crippen LogP contribution in [0.4, 0.5) is 18.9 Å². The molecule has 8 N–H and O–H groups in total. The molecular weight excluding hydrogens is 792 g/mol. The molecule has 0 spiro atoms. The first kappa shape index (κ1) is 41.0. The summed E-state index contributed by atoms with van der Waals surface area (Å²) in [6, 6.07) is 24.7. The number of nitrogens with two attached hydrogens (primary N) is 2. The molecule has 1 aliphatic heterocycles. The van der Waals surface area contributed by atoms with Gasteiger partial charge in [0.05, 0.1) is 30.0 Å². The number of hydrogen-bond donors (Lipinski definition) is 6. The van der Waals surface area contributed by atoms with Gasteiger partial charge in [-0.05, 0) is 83.7 Å². The van der Waals surface area contributed by atoms with Gasteiger partial charge in [0.1, 0.15) is 29.6 Å². The zero-order valence-corrected chi connectivity index (χ0v) is 32.8. The number of aromatic nitrogens is 1. The number of hydroxylamine groups is 2. The van der Waals surface area contributed by atoms with Gasteiger partial charge in [0.25, 0.3) is 12.3 Å². The van der Waals surface area contributed by atoms with E-state index in [0.29, 0.717) is 29.4 Å². The number of ether oxygens (including phenoxy) is 2. The number of fused-ring (bicyclic) bond motifs is 4. The Morgan fingerprint density at radius 1 is 1.00 bits per heavy atom. The SMILES string of the molecule is CC1=CC(Oc2ccccc2F)=CC1/N=C\C(C(=O)c1cc2cc(OCC(F)F)c(N(O)C(=O)C3CC(NOCC4c5ccccc5-c5ccccc54)CN3)cc2[nH]1)=C(N)N. The van der Waals surface area contributed by atoms with E-state index in [9.17, 15) is 28.0 Å². The van der Waals surface area contributed by atoms with E-state index in [-0.39, 0.29) is 58.2 Å². The maximum absolute atomic E-state index is 14.2. The predicted octanol–water partition coefficient (Wildman–Crippen LogP) is 6.41. The number of allylic oxidation sites excluding steroid dienone is 2. The molecule has 2 heterocycles. The Morgan fingerprint density at radius 2 is 1.70 bits per heavy atom. The van der Waals surface area contributed by atoms with Gasteiger partial charge in [-0.1, -0.05) is 60.7 Å². The smallest absolute Gasteiger partial charge is 0.272 e. The van der Waals surface area contributed by atoms with Crippen LogP contribution in [0.15, 0.2) is 131 Å². The predicted molar refractivity (Wildman–Crippen MR) is 223 cm³/mol. The standard InChI is InChI=1S/C45H42F3N7O6/c1-24-14-27(61-40-13-7-6-12-34(40)46)18-35(24)52-21-32(44(49)50)43(56)37-15-25-16-41(59-23-42(47)48)39(19-36(25)53-37)55(58)45(57)38-17-26(20-51-38)54-60-22-33-30-10-4-2-8-28(30)29-9-3-5-11-31(29)33/h2-16,18-19,21,26,33,35,38,42,51,53-54,58H,17,20,22-23,49-50H2,1H3/b52-21-. The molecule has 1 aromatic heterocycles. The Bertz CT molecular complexity index is 2570. The second kappa shape index (κ2) is 17.5. The van der Waals surface area contributed by atoms with Gasteiger partial charge in [-0.15, -0.1) is 0 Å². The summed E-state index contributed by atoms with van der Waals surface area (Å²) < 4.78 is 51.9. The maximum atomic E-state index is 14.2. The molecule has 13 nitrogen and oxygen atoms in total. The highest BCUT2D eigenvalue weighted by Gasteiger charge is 2.35. The molecule has 16 heteroatoms. The van der Waals surface area contributed by atoms with Gasteiger partial charge in [0.15, 0.2) is 11.6 Å². The molecule has 1 amide bonds. The number of H-pyrrole nitrogens is 1. The molecule has 1 fully saturated rings. The zero-order chi connectivity index (χ0) is 42.8. The summed E-state index contributed by atoms with van der Waals surface area (Å²) in [6.07, 6.45) is 1.93. The topological polar surface area (TPSA) is 190 Å². The van der Waals surface area contributed by atoms with Crippen LogP contribution in [0.2, 0.25) is 0 Å². The first-order valence-corrected chi connectivity index (χ1v) is 19.5. The third kappa shape index (κ3) is 8.65. The van der Waals surface area contributed by atoms with Crippen molar-refractivity contribution in [3.63, 3.8) is 0 Å². The Morgan fingerprint density at radius 3 is 2.41 bits per heavy atom. The number of anilines is 1. The number of rotatable bonds is 15. The van der Waals surface area contributed by atoms with Gasteiger partial charge in [0, 0.05) is 35.6 Å². The van der Waals surface area contributed by atoms with E-state index in [1.807, 2.05) is 24.3 Å². The maximum Gasteiger partial charge on any atom is 0.272 e. The number of halogens is 3. The minimum atomic E-state index is -2.86. The third-order valence-electron chi connectivity index (χ3n) is 10.8. The molecule has 5 aromatic rings. The van der Waals surface area contributed by atoms with Crippen LogP contribution in [0, 0.1) is 5.82 Å². The summed E-state index contributed by atoms with van der Waals surface area (Å²) >= 11 is 0. The number of hydrogen-bond acceptors (Lipinski definition) is 11. The lowest BCUT2D eigenvalue weighted by Crippen LogP contribution is -2.42. The lowest BCUT2D eigenvalue weighted by Gasteiger charge is -2.22. The lowest BCUT2D eigenvalue weighted by molar-refractivity contribution is -0.125. The summed E-state index contributed by atoms with van der Waals surface area (Å²) in [5.41, 5.74) is 20.2. The fourth-order valence-corrected chi connectivity index (χ4v) is 7.76. The largest absolute Gasteiger partial charge is 0.485 e. The van der Waals surface area contributed by atoms with Gasteiger partial charge in [-0.2, -0.15) is 10.5 Å². The summed E-state index contributed by atoms with van der Waals surface area (Å²) in [6.45, 7) is 1.46. The van der Waals surface area contributed by atoms with Crippen molar-refractivity contribution in [2.24, 2.45) is 16.5 Å². The molecule has 3 unspecified atom stereocenters. The number of nitrogens with one attached hydrogen (secondary N) is 3. The van der Waals surface area contributed by atoms with Crippen molar-refractivity contribution in [3.05, 3.63) is 149 Å². The number of nitrogens with zero attached hydrogens (tertiary/aromatic N) is 2. The summed E-state index contributed by atoms with van der Waals surface area (Å²) in [4.78, 5) is 40.8. The number of aliphatic imine (C=N–C) groups is 1. The molecule has 0 radical (unpaired) electrons. The van der Waals surface area contributed by atoms with Crippen LogP contribution in [-0.2, 0) is 9.63 Å². The first-order chi connectivity index (χ1) is 29.4. The van der Waals surface area contributed by atoms with Crippen LogP contribution in [-0.4, -0.2) is 72.4 Å². The second-order valence-electron chi connectivity index (χ2n) is 14.9. The molecule has 61 heavy (non-hydrogen) atoms. The average molecular weight is 834 g/mol. The van der Waals surface area contributed by atoms with Gasteiger partial charge in [-0.25, -0.2) is 13.2 Å². The first-order valence-electron chi connectivity index (χ1n) is 19.5. The van der Waals surface area contributed by atoms with Crippen LogP contribution in [0.5, 0.6) is 11.5 Å². The zero-order valence-electron chi connectivity index (χ0n) is 32.8. The van der Waals surface area contributed by atoms with Crippen molar-refractivity contribution >= 4 is 34.5 Å². The van der Waals surface area contributed by atoms with Gasteiger partial charge < -0.3 is 36.1 Å². The number of carbonyl (C=O) groups is 2. The summed E-state index contributed by atoms with van der Waals surface area (Å²) in [5, 5.41) is 15.1. The molecule has 2 aliphatic carbocycles. The highest BCUT2D eigenvalue weighted by atomic mass is 19.3. The van der Waals surface area contributed by atoms with E-state index in [1.54, 1.807) is 31.2 Å². The number of amides is 1. The Labute approximate surface area is 348 Å². The molecule has 314 valence electrons. The van der Waals surface area contributed by atoms with E-state index in [4.69, 9.17) is 25.8 Å². The van der Waals surface area contributed by atoms with Gasteiger partial charge >= 0.3 is 0 Å². The Hall–Kier alpha value is -6.72. The number of aromatic amines is 1. The van der Waals surface area contributed by atoms with E-state index >= 15 is 0 Å². The number of alkyl halides is 2. The minimum absolute atomic E-state index is 0.00798. The highest BCUT2D eigenvalue weighted by Crippen LogP contribution is 2.44. The number of ketones is 1. The van der Waals surface area contributed by atoms with Gasteiger partial charge in [-0.3, -0.25) is 19.8 Å². The van der Waals surface area contributed by atoms with E-state index < -0.39 is 42.6 Å². The molecule has 0 saturated carbocycles. The highest BCUT2D eigenvalue weighted by molar-refractivity contribution is 6.22. The van der Waals surface area contributed by atoms with E-state index in [1.165, 1.54) is 58.8 Å². The van der Waals surface area contributed by atoms with Crippen molar-refractivity contribution < 1.29 is 42.3 Å². The van der Waals surface area contributed by atoms with Crippen molar-refractivity contribution in [2.45, 2.75) is 43.8 Å². The van der Waals surface area contributed by atoms with Crippen molar-refractivity contribution in [2.75, 3.05) is 24.8 Å². The summed E-state index contributed by atoms with van der Waals surface area (Å²) in [5.74, 6) is -2.09. The fourth-order valence-electron chi connectivity index (χ4n) is 7.76. The van der Waals surface area contributed by atoms with Crippen LogP contribution >= 0.6 is 0 Å². The molecule has 0 bridgehead atoms.